The Morgan fingerprint density at radius 2 is 1.85 bits per heavy atom. The Kier molecular flexibility index (Phi) is 3.58. The molecule has 0 unspecified atom stereocenters. The summed E-state index contributed by atoms with van der Waals surface area (Å²) in [5, 5.41) is 6.23. The molecule has 106 valence electrons. The monoisotopic (exact) mass is 274 g/mol. The van der Waals surface area contributed by atoms with E-state index in [1.54, 1.807) is 12.3 Å². The SMILES string of the molecule is O=c1c(NCc2ccco2)c(NC2CCCCC2)c1=O. The molecule has 1 heterocycles. The van der Waals surface area contributed by atoms with Crippen molar-refractivity contribution < 1.29 is 4.42 Å². The van der Waals surface area contributed by atoms with Gasteiger partial charge in [0.2, 0.25) is 0 Å². The quantitative estimate of drug-likeness (QED) is 0.818. The molecule has 0 radical (unpaired) electrons. The van der Waals surface area contributed by atoms with Gasteiger partial charge in [0.05, 0.1) is 12.8 Å². The van der Waals surface area contributed by atoms with E-state index in [1.807, 2.05) is 6.07 Å². The zero-order valence-corrected chi connectivity index (χ0v) is 11.3. The molecule has 0 amide bonds. The average molecular weight is 274 g/mol. The second kappa shape index (κ2) is 5.53. The van der Waals surface area contributed by atoms with Crippen LogP contribution < -0.4 is 21.5 Å². The van der Waals surface area contributed by atoms with Gasteiger partial charge in [-0.05, 0) is 25.0 Å². The summed E-state index contributed by atoms with van der Waals surface area (Å²) >= 11 is 0. The van der Waals surface area contributed by atoms with Gasteiger partial charge in [0.1, 0.15) is 17.1 Å². The van der Waals surface area contributed by atoms with E-state index < -0.39 is 10.9 Å². The van der Waals surface area contributed by atoms with Crippen LogP contribution in [0.4, 0.5) is 11.4 Å². The molecular formula is C15H18N2O3. The fourth-order valence-corrected chi connectivity index (χ4v) is 2.74. The molecule has 1 aliphatic rings. The Morgan fingerprint density at radius 1 is 1.10 bits per heavy atom. The van der Waals surface area contributed by atoms with Gasteiger partial charge in [-0.1, -0.05) is 19.3 Å². The third-order valence-electron chi connectivity index (χ3n) is 3.88. The number of anilines is 2. The first-order chi connectivity index (χ1) is 9.75. The second-order valence-electron chi connectivity index (χ2n) is 5.32. The normalized spacial score (nSPS) is 16.4. The highest BCUT2D eigenvalue weighted by molar-refractivity contribution is 5.74. The molecule has 5 nitrogen and oxygen atoms in total. The van der Waals surface area contributed by atoms with Gasteiger partial charge in [-0.3, -0.25) is 9.59 Å². The van der Waals surface area contributed by atoms with Gasteiger partial charge >= 0.3 is 0 Å². The molecular weight excluding hydrogens is 256 g/mol. The van der Waals surface area contributed by atoms with E-state index in [0.717, 1.165) is 18.6 Å². The molecule has 2 aromatic rings. The van der Waals surface area contributed by atoms with Crippen molar-refractivity contribution >= 4 is 11.4 Å². The zero-order valence-electron chi connectivity index (χ0n) is 11.3. The maximum Gasteiger partial charge on any atom is 0.253 e. The van der Waals surface area contributed by atoms with Crippen molar-refractivity contribution in [3.63, 3.8) is 0 Å². The predicted octanol–water partition coefficient (Wildman–Crippen LogP) is 2.23. The number of hydrogen-bond donors (Lipinski definition) is 2. The van der Waals surface area contributed by atoms with Crippen LogP contribution in [0.25, 0.3) is 0 Å². The van der Waals surface area contributed by atoms with Gasteiger partial charge in [-0.2, -0.15) is 0 Å². The van der Waals surface area contributed by atoms with Crippen molar-refractivity contribution in [3.8, 4) is 0 Å². The Bertz CT molecular complexity index is 632. The largest absolute Gasteiger partial charge is 0.467 e. The lowest BCUT2D eigenvalue weighted by atomic mass is 9.95. The molecule has 1 saturated carbocycles. The lowest BCUT2D eigenvalue weighted by molar-refractivity contribution is 0.462. The molecule has 20 heavy (non-hydrogen) atoms. The number of hydrogen-bond acceptors (Lipinski definition) is 5. The van der Waals surface area contributed by atoms with E-state index in [-0.39, 0.29) is 0 Å². The molecule has 0 saturated heterocycles. The third-order valence-corrected chi connectivity index (χ3v) is 3.88. The molecule has 3 rings (SSSR count). The van der Waals surface area contributed by atoms with Crippen LogP contribution in [-0.2, 0) is 6.54 Å². The standard InChI is InChI=1S/C15H18N2O3/c18-14-12(16-9-11-7-4-8-20-11)13(15(14)19)17-10-5-2-1-3-6-10/h4,7-8,10,16-17H,1-3,5-6,9H2. The highest BCUT2D eigenvalue weighted by Gasteiger charge is 2.24. The summed E-state index contributed by atoms with van der Waals surface area (Å²) in [5.41, 5.74) is 0.0119. The van der Waals surface area contributed by atoms with Crippen molar-refractivity contribution in [3.05, 3.63) is 44.6 Å². The van der Waals surface area contributed by atoms with Gasteiger partial charge < -0.3 is 15.1 Å². The van der Waals surface area contributed by atoms with Crippen molar-refractivity contribution in [1.29, 1.82) is 0 Å². The first-order valence-corrected chi connectivity index (χ1v) is 7.12. The maximum absolute atomic E-state index is 11.7. The van der Waals surface area contributed by atoms with Crippen LogP contribution in [0.15, 0.2) is 32.4 Å². The molecule has 0 bridgehead atoms. The molecule has 0 aliphatic heterocycles. The summed E-state index contributed by atoms with van der Waals surface area (Å²) < 4.78 is 5.20. The summed E-state index contributed by atoms with van der Waals surface area (Å²) in [5.74, 6) is 0.738. The molecule has 1 fully saturated rings. The van der Waals surface area contributed by atoms with Crippen LogP contribution in [0, 0.1) is 0 Å². The van der Waals surface area contributed by atoms with E-state index in [1.165, 1.54) is 19.3 Å². The van der Waals surface area contributed by atoms with Crippen LogP contribution in [-0.4, -0.2) is 6.04 Å². The number of rotatable bonds is 5. The van der Waals surface area contributed by atoms with E-state index in [2.05, 4.69) is 10.6 Å². The topological polar surface area (TPSA) is 71.3 Å². The fraction of sp³-hybridized carbons (Fsp3) is 0.467. The first kappa shape index (κ1) is 13.0. The van der Waals surface area contributed by atoms with Gasteiger partial charge in [0.25, 0.3) is 10.9 Å². The van der Waals surface area contributed by atoms with Crippen molar-refractivity contribution in [2.45, 2.75) is 44.7 Å². The summed E-state index contributed by atoms with van der Waals surface area (Å²) in [6, 6.07) is 3.93. The minimum atomic E-state index is -0.435. The van der Waals surface area contributed by atoms with E-state index in [9.17, 15) is 9.59 Å². The van der Waals surface area contributed by atoms with Gasteiger partial charge in [-0.25, -0.2) is 0 Å². The summed E-state index contributed by atoms with van der Waals surface area (Å²) in [6.45, 7) is 0.414. The van der Waals surface area contributed by atoms with Crippen LogP contribution in [0.5, 0.6) is 0 Å². The summed E-state index contributed by atoms with van der Waals surface area (Å²) in [7, 11) is 0. The van der Waals surface area contributed by atoms with Crippen LogP contribution in [0.3, 0.4) is 0 Å². The van der Waals surface area contributed by atoms with Crippen LogP contribution in [0.2, 0.25) is 0 Å². The van der Waals surface area contributed by atoms with Crippen molar-refractivity contribution in [2.75, 3.05) is 10.6 Å². The predicted molar refractivity (Wildman–Crippen MR) is 77.9 cm³/mol. The first-order valence-electron chi connectivity index (χ1n) is 7.12. The Balaban J connectivity index is 1.67. The smallest absolute Gasteiger partial charge is 0.253 e. The van der Waals surface area contributed by atoms with E-state index in [4.69, 9.17) is 4.42 Å². The van der Waals surface area contributed by atoms with Crippen molar-refractivity contribution in [2.24, 2.45) is 0 Å². The van der Waals surface area contributed by atoms with E-state index in [0.29, 0.717) is 24.0 Å². The molecule has 0 spiro atoms. The molecule has 5 heteroatoms. The molecule has 1 aromatic heterocycles. The average Bonchev–Trinajstić information content (AvgIpc) is 3.00. The Morgan fingerprint density at radius 3 is 2.55 bits per heavy atom. The third kappa shape index (κ3) is 2.48. The Labute approximate surface area is 116 Å². The minimum Gasteiger partial charge on any atom is -0.467 e. The van der Waals surface area contributed by atoms with Crippen LogP contribution >= 0.6 is 0 Å². The summed E-state index contributed by atoms with van der Waals surface area (Å²) in [4.78, 5) is 23.3. The molecule has 1 aliphatic carbocycles. The Hall–Kier alpha value is -2.04. The highest BCUT2D eigenvalue weighted by atomic mass is 16.3. The van der Waals surface area contributed by atoms with Crippen molar-refractivity contribution in [1.82, 2.24) is 0 Å². The summed E-state index contributed by atoms with van der Waals surface area (Å²) in [6.07, 6.45) is 7.34. The number of furan rings is 1. The molecule has 1 aromatic carbocycles. The van der Waals surface area contributed by atoms with Gasteiger partial charge in [-0.15, -0.1) is 0 Å². The molecule has 2 N–H and O–H groups in total. The lowest BCUT2D eigenvalue weighted by Gasteiger charge is -2.25. The number of nitrogens with one attached hydrogen (secondary N) is 2. The van der Waals surface area contributed by atoms with Gasteiger partial charge in [0, 0.05) is 6.04 Å². The molecule has 0 atom stereocenters. The van der Waals surface area contributed by atoms with Gasteiger partial charge in [0.15, 0.2) is 0 Å². The zero-order chi connectivity index (χ0) is 13.9. The second-order valence-corrected chi connectivity index (χ2v) is 5.32. The van der Waals surface area contributed by atoms with E-state index >= 15 is 0 Å². The maximum atomic E-state index is 11.7. The lowest BCUT2D eigenvalue weighted by Crippen LogP contribution is -2.40. The fourth-order valence-electron chi connectivity index (χ4n) is 2.74. The van der Waals surface area contributed by atoms with Crippen LogP contribution in [0.1, 0.15) is 37.9 Å². The highest BCUT2D eigenvalue weighted by Crippen LogP contribution is 2.23. The minimum absolute atomic E-state index is 0.316.